The zero-order chi connectivity index (χ0) is 12.0. The molecule has 0 unspecified atom stereocenters. The minimum atomic E-state index is -0.870. The lowest BCUT2D eigenvalue weighted by molar-refractivity contribution is -0.139. The molecule has 0 bridgehead atoms. The van der Waals surface area contributed by atoms with Crippen LogP contribution in [-0.4, -0.2) is 23.8 Å². The Hall–Kier alpha value is -1.39. The summed E-state index contributed by atoms with van der Waals surface area (Å²) in [7, 11) is 0. The molecule has 0 aromatic heterocycles. The quantitative estimate of drug-likeness (QED) is 0.621. The maximum atomic E-state index is 10.9. The maximum Gasteiger partial charge on any atom is 0.321 e. The zero-order valence-electron chi connectivity index (χ0n) is 9.44. The molecule has 16 heavy (non-hydrogen) atoms. The predicted octanol–water partition coefficient (Wildman–Crippen LogP) is 0.751. The van der Waals surface area contributed by atoms with Crippen molar-refractivity contribution in [3.63, 3.8) is 0 Å². The van der Waals surface area contributed by atoms with E-state index in [1.807, 2.05) is 24.3 Å². The van der Waals surface area contributed by atoms with Crippen LogP contribution in [0.2, 0.25) is 0 Å². The van der Waals surface area contributed by atoms with Gasteiger partial charge in [-0.2, -0.15) is 0 Å². The second kappa shape index (κ2) is 6.25. The van der Waals surface area contributed by atoms with Gasteiger partial charge in [-0.3, -0.25) is 10.1 Å². The number of rotatable bonds is 6. The number of nitrogens with one attached hydrogen (secondary N) is 1. The molecule has 4 nitrogen and oxygen atoms in total. The van der Waals surface area contributed by atoms with E-state index in [9.17, 15) is 4.79 Å². The highest BCUT2D eigenvalue weighted by Gasteiger charge is 2.16. The Kier molecular flexibility index (Phi) is 4.95. The minimum absolute atomic E-state index is 0.171. The summed E-state index contributed by atoms with van der Waals surface area (Å²) in [6.45, 7) is 2.26. The smallest absolute Gasteiger partial charge is 0.321 e. The summed E-state index contributed by atoms with van der Waals surface area (Å²) >= 11 is 0. The van der Waals surface area contributed by atoms with Gasteiger partial charge in [0.2, 0.25) is 0 Å². The van der Waals surface area contributed by atoms with Gasteiger partial charge in [0, 0.05) is 6.67 Å². The second-order valence-electron chi connectivity index (χ2n) is 3.67. The summed E-state index contributed by atoms with van der Waals surface area (Å²) in [4.78, 5) is 10.9. The SMILES string of the molecule is CCc1ccc(C[C@H](NCN)C(=O)O)cc1. The van der Waals surface area contributed by atoms with Gasteiger partial charge in [-0.05, 0) is 24.0 Å². The molecule has 1 atom stereocenters. The number of nitrogens with two attached hydrogens (primary N) is 1. The van der Waals surface area contributed by atoms with Crippen molar-refractivity contribution in [3.8, 4) is 0 Å². The van der Waals surface area contributed by atoms with E-state index >= 15 is 0 Å². The Morgan fingerprint density at radius 1 is 1.38 bits per heavy atom. The highest BCUT2D eigenvalue weighted by Crippen LogP contribution is 2.07. The average Bonchev–Trinajstić information content (AvgIpc) is 2.29. The molecular weight excluding hydrogens is 204 g/mol. The van der Waals surface area contributed by atoms with Crippen LogP contribution in [0.15, 0.2) is 24.3 Å². The number of hydrogen-bond donors (Lipinski definition) is 3. The molecule has 0 aliphatic heterocycles. The summed E-state index contributed by atoms with van der Waals surface area (Å²) in [5.41, 5.74) is 7.55. The molecule has 0 aliphatic rings. The van der Waals surface area contributed by atoms with Crippen molar-refractivity contribution >= 4 is 5.97 Å². The summed E-state index contributed by atoms with van der Waals surface area (Å²) in [5, 5.41) is 11.7. The topological polar surface area (TPSA) is 75.3 Å². The van der Waals surface area contributed by atoms with Crippen LogP contribution in [0.4, 0.5) is 0 Å². The molecule has 0 saturated carbocycles. The Balaban J connectivity index is 2.65. The fourth-order valence-electron chi connectivity index (χ4n) is 1.54. The van der Waals surface area contributed by atoms with Crippen LogP contribution in [0.3, 0.4) is 0 Å². The molecule has 4 N–H and O–H groups in total. The number of aryl methyl sites for hydroxylation is 1. The number of benzene rings is 1. The third-order valence-electron chi connectivity index (χ3n) is 2.53. The van der Waals surface area contributed by atoms with Crippen molar-refractivity contribution in [1.29, 1.82) is 0 Å². The second-order valence-corrected chi connectivity index (χ2v) is 3.67. The molecule has 4 heteroatoms. The summed E-state index contributed by atoms with van der Waals surface area (Å²) in [6, 6.07) is 7.37. The van der Waals surface area contributed by atoms with Crippen molar-refractivity contribution in [1.82, 2.24) is 5.32 Å². The molecule has 0 fully saturated rings. The molecule has 88 valence electrons. The lowest BCUT2D eigenvalue weighted by Crippen LogP contribution is -2.41. The van der Waals surface area contributed by atoms with Crippen LogP contribution in [0.1, 0.15) is 18.1 Å². The number of aliphatic carboxylic acids is 1. The number of carbonyl (C=O) groups is 1. The first-order chi connectivity index (χ1) is 7.67. The summed E-state index contributed by atoms with van der Waals surface area (Å²) in [5.74, 6) is -0.870. The normalized spacial score (nSPS) is 12.4. The van der Waals surface area contributed by atoms with Crippen LogP contribution in [0.5, 0.6) is 0 Å². The van der Waals surface area contributed by atoms with E-state index in [0.717, 1.165) is 12.0 Å². The third kappa shape index (κ3) is 3.64. The molecule has 1 aromatic rings. The zero-order valence-corrected chi connectivity index (χ0v) is 9.44. The van der Waals surface area contributed by atoms with E-state index in [1.54, 1.807) is 0 Å². The predicted molar refractivity (Wildman–Crippen MR) is 63.1 cm³/mol. The molecule has 0 heterocycles. The van der Waals surface area contributed by atoms with Gasteiger partial charge in [-0.25, -0.2) is 0 Å². The number of carboxylic acids is 1. The van der Waals surface area contributed by atoms with Crippen LogP contribution in [-0.2, 0) is 17.6 Å². The lowest BCUT2D eigenvalue weighted by Gasteiger charge is -2.13. The summed E-state index contributed by atoms with van der Waals surface area (Å²) < 4.78 is 0. The van der Waals surface area contributed by atoms with Crippen molar-refractivity contribution in [2.45, 2.75) is 25.8 Å². The number of hydrogen-bond acceptors (Lipinski definition) is 3. The van der Waals surface area contributed by atoms with Crippen molar-refractivity contribution in [2.24, 2.45) is 5.73 Å². The highest BCUT2D eigenvalue weighted by atomic mass is 16.4. The van der Waals surface area contributed by atoms with Gasteiger partial charge in [-0.1, -0.05) is 31.2 Å². The molecular formula is C12H18N2O2. The van der Waals surface area contributed by atoms with Gasteiger partial charge in [0.1, 0.15) is 6.04 Å². The van der Waals surface area contributed by atoms with Gasteiger partial charge in [0.05, 0.1) is 0 Å². The average molecular weight is 222 g/mol. The molecule has 0 amide bonds. The van der Waals surface area contributed by atoms with Gasteiger partial charge in [0.15, 0.2) is 0 Å². The van der Waals surface area contributed by atoms with E-state index in [2.05, 4.69) is 12.2 Å². The first kappa shape index (κ1) is 12.7. The Morgan fingerprint density at radius 3 is 2.38 bits per heavy atom. The molecule has 1 rings (SSSR count). The first-order valence-corrected chi connectivity index (χ1v) is 5.41. The van der Waals surface area contributed by atoms with Crippen molar-refractivity contribution in [2.75, 3.05) is 6.67 Å². The molecule has 0 radical (unpaired) electrons. The Morgan fingerprint density at radius 2 is 1.94 bits per heavy atom. The highest BCUT2D eigenvalue weighted by molar-refractivity contribution is 5.73. The van der Waals surface area contributed by atoms with Gasteiger partial charge < -0.3 is 10.8 Å². The standard InChI is InChI=1S/C12H18N2O2/c1-2-9-3-5-10(6-4-9)7-11(12(15)16)14-8-13/h3-6,11,14H,2,7-8,13H2,1H3,(H,15,16)/t11-/m0/s1. The van der Waals surface area contributed by atoms with E-state index < -0.39 is 12.0 Å². The van der Waals surface area contributed by atoms with Crippen LogP contribution < -0.4 is 11.1 Å². The van der Waals surface area contributed by atoms with Crippen LogP contribution >= 0.6 is 0 Å². The third-order valence-corrected chi connectivity index (χ3v) is 2.53. The molecule has 1 aromatic carbocycles. The van der Waals surface area contributed by atoms with Gasteiger partial charge in [-0.15, -0.1) is 0 Å². The molecule has 0 spiro atoms. The van der Waals surface area contributed by atoms with Crippen LogP contribution in [0, 0.1) is 0 Å². The summed E-state index contributed by atoms with van der Waals surface area (Å²) in [6.07, 6.45) is 1.44. The minimum Gasteiger partial charge on any atom is -0.480 e. The maximum absolute atomic E-state index is 10.9. The van der Waals surface area contributed by atoms with E-state index in [4.69, 9.17) is 10.8 Å². The lowest BCUT2D eigenvalue weighted by atomic mass is 10.0. The van der Waals surface area contributed by atoms with E-state index in [0.29, 0.717) is 6.42 Å². The van der Waals surface area contributed by atoms with E-state index in [-0.39, 0.29) is 6.67 Å². The Labute approximate surface area is 95.5 Å². The van der Waals surface area contributed by atoms with Gasteiger partial charge >= 0.3 is 5.97 Å². The number of carboxylic acid groups (broad SMARTS) is 1. The Bertz CT molecular complexity index is 335. The van der Waals surface area contributed by atoms with Crippen molar-refractivity contribution < 1.29 is 9.90 Å². The van der Waals surface area contributed by atoms with Gasteiger partial charge in [0.25, 0.3) is 0 Å². The fourth-order valence-corrected chi connectivity index (χ4v) is 1.54. The van der Waals surface area contributed by atoms with E-state index in [1.165, 1.54) is 5.56 Å². The fraction of sp³-hybridized carbons (Fsp3) is 0.417. The molecule has 0 saturated heterocycles. The first-order valence-electron chi connectivity index (χ1n) is 5.41. The molecule has 0 aliphatic carbocycles. The van der Waals surface area contributed by atoms with Crippen LogP contribution in [0.25, 0.3) is 0 Å². The van der Waals surface area contributed by atoms with Crippen molar-refractivity contribution in [3.05, 3.63) is 35.4 Å². The largest absolute Gasteiger partial charge is 0.480 e. The monoisotopic (exact) mass is 222 g/mol.